The van der Waals surface area contributed by atoms with E-state index in [1.54, 1.807) is 14.2 Å². The highest BCUT2D eigenvalue weighted by Gasteiger charge is 2.24. The van der Waals surface area contributed by atoms with Crippen molar-refractivity contribution < 1.29 is 14.2 Å². The lowest BCUT2D eigenvalue weighted by molar-refractivity contribution is 0.00536. The highest BCUT2D eigenvalue weighted by Crippen LogP contribution is 2.41. The third kappa shape index (κ3) is 3.90. The largest absolute Gasteiger partial charge is 0.495 e. The molecule has 4 nitrogen and oxygen atoms in total. The first kappa shape index (κ1) is 16.6. The van der Waals surface area contributed by atoms with Gasteiger partial charge in [0, 0.05) is 18.2 Å². The Morgan fingerprint density at radius 2 is 2.14 bits per heavy atom. The van der Waals surface area contributed by atoms with Gasteiger partial charge in [0.15, 0.2) is 0 Å². The van der Waals surface area contributed by atoms with Crippen LogP contribution in [0.15, 0.2) is 16.6 Å². The number of hydrogen-bond donors (Lipinski definition) is 1. The van der Waals surface area contributed by atoms with Crippen LogP contribution in [0.3, 0.4) is 0 Å². The van der Waals surface area contributed by atoms with Gasteiger partial charge in [-0.25, -0.2) is 0 Å². The van der Waals surface area contributed by atoms with Crippen LogP contribution >= 0.6 is 15.9 Å². The summed E-state index contributed by atoms with van der Waals surface area (Å²) in [5.74, 6) is 1.60. The Morgan fingerprint density at radius 3 is 2.71 bits per heavy atom. The summed E-state index contributed by atoms with van der Waals surface area (Å²) in [5.41, 5.74) is 1.13. The zero-order valence-corrected chi connectivity index (χ0v) is 14.5. The lowest BCUT2D eigenvalue weighted by Gasteiger charge is -2.28. The summed E-state index contributed by atoms with van der Waals surface area (Å²) >= 11 is 3.57. The smallest absolute Gasteiger partial charge is 0.141 e. The lowest BCUT2D eigenvalue weighted by Crippen LogP contribution is -2.27. The maximum atomic E-state index is 5.86. The van der Waals surface area contributed by atoms with E-state index in [2.05, 4.69) is 27.3 Å². The van der Waals surface area contributed by atoms with E-state index in [-0.39, 0.29) is 6.04 Å². The van der Waals surface area contributed by atoms with Crippen molar-refractivity contribution >= 4 is 15.9 Å². The van der Waals surface area contributed by atoms with Crippen LogP contribution in [0.4, 0.5) is 0 Å². The predicted octanol–water partition coefficient (Wildman–Crippen LogP) is 3.69. The number of rotatable bonds is 6. The van der Waals surface area contributed by atoms with Crippen molar-refractivity contribution in [3.63, 3.8) is 0 Å². The van der Waals surface area contributed by atoms with Gasteiger partial charge in [-0.05, 0) is 60.8 Å². The molecule has 0 bridgehead atoms. The molecule has 2 atom stereocenters. The van der Waals surface area contributed by atoms with Crippen LogP contribution in [0.2, 0.25) is 0 Å². The minimum atomic E-state index is 0.199. The van der Waals surface area contributed by atoms with Gasteiger partial charge in [-0.15, -0.1) is 0 Å². The molecule has 1 fully saturated rings. The number of nitrogens with one attached hydrogen (secondary N) is 1. The Balaban J connectivity index is 2.22. The zero-order chi connectivity index (χ0) is 15.2. The lowest BCUT2D eigenvalue weighted by atomic mass is 9.96. The van der Waals surface area contributed by atoms with Crippen molar-refractivity contribution in [3.05, 3.63) is 22.2 Å². The van der Waals surface area contributed by atoms with E-state index < -0.39 is 0 Å². The molecule has 0 amide bonds. The summed E-state index contributed by atoms with van der Waals surface area (Å²) in [4.78, 5) is 0. The molecular formula is C16H24BrNO3. The Kier molecular flexibility index (Phi) is 6.33. The number of ether oxygens (including phenoxy) is 3. The second-order valence-corrected chi connectivity index (χ2v) is 6.06. The fourth-order valence-corrected chi connectivity index (χ4v) is 3.53. The molecule has 21 heavy (non-hydrogen) atoms. The number of methoxy groups -OCH3 is 2. The molecule has 5 heteroatoms. The van der Waals surface area contributed by atoms with Gasteiger partial charge in [0.1, 0.15) is 16.0 Å². The van der Waals surface area contributed by atoms with Crippen molar-refractivity contribution in [2.75, 3.05) is 27.9 Å². The molecular weight excluding hydrogens is 334 g/mol. The first-order chi connectivity index (χ1) is 10.2. The Hall–Kier alpha value is -0.780. The molecule has 0 radical (unpaired) electrons. The molecule has 1 aromatic carbocycles. The second kappa shape index (κ2) is 8.01. The van der Waals surface area contributed by atoms with E-state index in [0.29, 0.717) is 6.10 Å². The maximum absolute atomic E-state index is 5.86. The van der Waals surface area contributed by atoms with Gasteiger partial charge in [0.05, 0.1) is 20.3 Å². The van der Waals surface area contributed by atoms with Crippen LogP contribution in [0.5, 0.6) is 11.5 Å². The SMILES string of the molecule is CNC(CC1CCCCO1)c1ccc(OC)c(Br)c1OC. The molecule has 2 rings (SSSR count). The molecule has 1 aliphatic rings. The first-order valence-corrected chi connectivity index (χ1v) is 8.19. The normalized spacial score (nSPS) is 20.1. The van der Waals surface area contributed by atoms with Gasteiger partial charge in [-0.3, -0.25) is 0 Å². The standard InChI is InChI=1S/C16H24BrNO3/c1-18-13(10-11-6-4-5-9-21-11)12-7-8-14(19-2)15(17)16(12)20-3/h7-8,11,13,18H,4-6,9-10H2,1-3H3. The third-order valence-electron chi connectivity index (χ3n) is 4.01. The van der Waals surface area contributed by atoms with E-state index in [4.69, 9.17) is 14.2 Å². The minimum absolute atomic E-state index is 0.199. The molecule has 118 valence electrons. The average Bonchev–Trinajstić information content (AvgIpc) is 2.53. The van der Waals surface area contributed by atoms with Gasteiger partial charge in [-0.1, -0.05) is 0 Å². The van der Waals surface area contributed by atoms with Crippen LogP contribution in [0, 0.1) is 0 Å². The van der Waals surface area contributed by atoms with Crippen LogP contribution in [-0.4, -0.2) is 34.0 Å². The van der Waals surface area contributed by atoms with Crippen LogP contribution in [0.25, 0.3) is 0 Å². The van der Waals surface area contributed by atoms with Gasteiger partial charge in [0.25, 0.3) is 0 Å². The first-order valence-electron chi connectivity index (χ1n) is 7.40. The molecule has 0 aliphatic carbocycles. The Bertz CT molecular complexity index is 461. The summed E-state index contributed by atoms with van der Waals surface area (Å²) in [7, 11) is 5.32. The number of hydrogen-bond acceptors (Lipinski definition) is 4. The molecule has 1 heterocycles. The third-order valence-corrected chi connectivity index (χ3v) is 4.76. The van der Waals surface area contributed by atoms with Crippen molar-refractivity contribution in [2.45, 2.75) is 37.8 Å². The van der Waals surface area contributed by atoms with Crippen molar-refractivity contribution in [1.29, 1.82) is 0 Å². The topological polar surface area (TPSA) is 39.7 Å². The molecule has 1 aliphatic heterocycles. The molecule has 0 aromatic heterocycles. The summed E-state index contributed by atoms with van der Waals surface area (Å²) in [6.45, 7) is 0.880. The number of halogens is 1. The van der Waals surface area contributed by atoms with E-state index >= 15 is 0 Å². The van der Waals surface area contributed by atoms with Crippen LogP contribution in [-0.2, 0) is 4.74 Å². The second-order valence-electron chi connectivity index (χ2n) is 5.27. The van der Waals surface area contributed by atoms with Gasteiger partial charge in [0.2, 0.25) is 0 Å². The Labute approximate surface area is 135 Å². The summed E-state index contributed by atoms with van der Waals surface area (Å²) in [5, 5.41) is 3.38. The summed E-state index contributed by atoms with van der Waals surface area (Å²) in [6.07, 6.45) is 4.84. The predicted molar refractivity (Wildman–Crippen MR) is 87.3 cm³/mol. The fraction of sp³-hybridized carbons (Fsp3) is 0.625. The molecule has 0 saturated carbocycles. The van der Waals surface area contributed by atoms with Crippen molar-refractivity contribution in [1.82, 2.24) is 5.32 Å². The summed E-state index contributed by atoms with van der Waals surface area (Å²) < 4.78 is 17.6. The Morgan fingerprint density at radius 1 is 1.33 bits per heavy atom. The van der Waals surface area contributed by atoms with E-state index in [1.807, 2.05) is 13.1 Å². The molecule has 0 spiro atoms. The molecule has 1 saturated heterocycles. The van der Waals surface area contributed by atoms with Crippen LogP contribution in [0.1, 0.15) is 37.3 Å². The van der Waals surface area contributed by atoms with Gasteiger partial charge < -0.3 is 19.5 Å². The van der Waals surface area contributed by atoms with Gasteiger partial charge >= 0.3 is 0 Å². The van der Waals surface area contributed by atoms with E-state index in [1.165, 1.54) is 12.8 Å². The molecule has 1 N–H and O–H groups in total. The van der Waals surface area contributed by atoms with E-state index in [9.17, 15) is 0 Å². The van der Waals surface area contributed by atoms with E-state index in [0.717, 1.165) is 41.0 Å². The molecule has 2 unspecified atom stereocenters. The quantitative estimate of drug-likeness (QED) is 0.842. The fourth-order valence-electron chi connectivity index (χ4n) is 2.85. The maximum Gasteiger partial charge on any atom is 0.141 e. The average molecular weight is 358 g/mol. The minimum Gasteiger partial charge on any atom is -0.495 e. The number of benzene rings is 1. The van der Waals surface area contributed by atoms with Gasteiger partial charge in [-0.2, -0.15) is 0 Å². The summed E-state index contributed by atoms with van der Waals surface area (Å²) in [6, 6.07) is 4.23. The highest BCUT2D eigenvalue weighted by atomic mass is 79.9. The molecule has 1 aromatic rings. The van der Waals surface area contributed by atoms with Crippen molar-refractivity contribution in [3.8, 4) is 11.5 Å². The van der Waals surface area contributed by atoms with Crippen molar-refractivity contribution in [2.24, 2.45) is 0 Å². The zero-order valence-electron chi connectivity index (χ0n) is 12.9. The van der Waals surface area contributed by atoms with Crippen LogP contribution < -0.4 is 14.8 Å². The highest BCUT2D eigenvalue weighted by molar-refractivity contribution is 9.10. The monoisotopic (exact) mass is 357 g/mol.